The molecule has 3 aromatic heterocycles. The molecule has 0 aliphatic carbocycles. The van der Waals surface area contributed by atoms with Crippen molar-refractivity contribution in [1.29, 1.82) is 0 Å². The molecule has 0 bridgehead atoms. The first kappa shape index (κ1) is 27.5. The topological polar surface area (TPSA) is 30.7 Å². The average molecular weight is 620 g/mol. The predicted molar refractivity (Wildman–Crippen MR) is 200 cm³/mol. The van der Waals surface area contributed by atoms with Crippen molar-refractivity contribution in [3.63, 3.8) is 0 Å². The fraction of sp³-hybridized carbons (Fsp3) is 0.0233. The number of nitrogens with zero attached hydrogens (tertiary/aromatic N) is 3. The fourth-order valence-corrected chi connectivity index (χ4v) is 7.83. The van der Waals surface area contributed by atoms with E-state index < -0.39 is 0 Å². The molecule has 47 heavy (non-hydrogen) atoms. The zero-order chi connectivity index (χ0) is 31.3. The summed E-state index contributed by atoms with van der Waals surface area (Å²) in [7, 11) is 0. The second-order valence-corrected chi connectivity index (χ2v) is 13.0. The average Bonchev–Trinajstić information content (AvgIpc) is 3.64. The van der Waals surface area contributed by atoms with E-state index in [9.17, 15) is 0 Å². The molecule has 0 saturated carbocycles. The largest absolute Gasteiger partial charge is 0.278 e. The third kappa shape index (κ3) is 4.73. The molecule has 222 valence electrons. The molecule has 0 unspecified atom stereocenters. The molecule has 9 aromatic rings. The SMILES string of the molecule is Cc1c(/C=C\c2ccccc2)n(-c2nc(-c3ccccc3)cc(-c3ccccc3)n2)c2c1ccc1sc3cc4ccccc4cc3c12. The molecule has 0 N–H and O–H groups in total. The van der Waals surface area contributed by atoms with Gasteiger partial charge in [0, 0.05) is 36.7 Å². The Bertz CT molecular complexity index is 2560. The summed E-state index contributed by atoms with van der Waals surface area (Å²) in [5.41, 5.74) is 8.44. The minimum absolute atomic E-state index is 0.656. The molecule has 3 nitrogen and oxygen atoms in total. The molecule has 0 saturated heterocycles. The van der Waals surface area contributed by atoms with Crippen molar-refractivity contribution >= 4 is 65.3 Å². The predicted octanol–water partition coefficient (Wildman–Crippen LogP) is 11.8. The Kier molecular flexibility index (Phi) is 6.54. The molecular weight excluding hydrogens is 591 g/mol. The van der Waals surface area contributed by atoms with Crippen LogP contribution in [-0.2, 0) is 0 Å². The van der Waals surface area contributed by atoms with Crippen molar-refractivity contribution in [1.82, 2.24) is 14.5 Å². The maximum absolute atomic E-state index is 5.32. The van der Waals surface area contributed by atoms with Crippen molar-refractivity contribution in [3.05, 3.63) is 162 Å². The highest BCUT2D eigenvalue weighted by molar-refractivity contribution is 7.26. The Balaban J connectivity index is 1.41. The van der Waals surface area contributed by atoms with Crippen LogP contribution in [0.15, 0.2) is 146 Å². The minimum Gasteiger partial charge on any atom is -0.278 e. The molecule has 0 spiro atoms. The van der Waals surface area contributed by atoms with Gasteiger partial charge in [-0.3, -0.25) is 4.57 Å². The number of aromatic nitrogens is 3. The van der Waals surface area contributed by atoms with Crippen LogP contribution in [0.2, 0.25) is 0 Å². The third-order valence-corrected chi connectivity index (χ3v) is 10.1. The van der Waals surface area contributed by atoms with E-state index in [-0.39, 0.29) is 0 Å². The number of aryl methyl sites for hydroxylation is 1. The lowest BCUT2D eigenvalue weighted by molar-refractivity contribution is 0.958. The molecule has 0 aliphatic rings. The van der Waals surface area contributed by atoms with Gasteiger partial charge < -0.3 is 0 Å². The number of thiophene rings is 1. The second kappa shape index (κ2) is 11.2. The Morgan fingerprint density at radius 2 is 1.15 bits per heavy atom. The molecule has 0 atom stereocenters. The fourth-order valence-electron chi connectivity index (χ4n) is 6.69. The van der Waals surface area contributed by atoms with Crippen LogP contribution in [0.4, 0.5) is 0 Å². The molecule has 4 heteroatoms. The second-order valence-electron chi connectivity index (χ2n) is 11.9. The van der Waals surface area contributed by atoms with Gasteiger partial charge in [-0.15, -0.1) is 11.3 Å². The lowest BCUT2D eigenvalue weighted by Gasteiger charge is -2.13. The van der Waals surface area contributed by atoms with Gasteiger partial charge in [0.05, 0.1) is 22.6 Å². The van der Waals surface area contributed by atoms with E-state index in [1.165, 1.54) is 41.9 Å². The highest BCUT2D eigenvalue weighted by atomic mass is 32.1. The Morgan fingerprint density at radius 1 is 0.553 bits per heavy atom. The monoisotopic (exact) mass is 619 g/mol. The molecule has 3 heterocycles. The number of hydrogen-bond donors (Lipinski definition) is 0. The van der Waals surface area contributed by atoms with Crippen LogP contribution in [0, 0.1) is 6.92 Å². The molecule has 9 rings (SSSR count). The van der Waals surface area contributed by atoms with Gasteiger partial charge >= 0.3 is 0 Å². The van der Waals surface area contributed by atoms with Gasteiger partial charge in [0.1, 0.15) is 0 Å². The highest BCUT2D eigenvalue weighted by Gasteiger charge is 2.22. The van der Waals surface area contributed by atoms with Crippen LogP contribution in [0.1, 0.15) is 16.8 Å². The summed E-state index contributed by atoms with van der Waals surface area (Å²) in [5.74, 6) is 0.656. The molecule has 0 aliphatic heterocycles. The lowest BCUT2D eigenvalue weighted by atomic mass is 10.0. The molecule has 0 fully saturated rings. The summed E-state index contributed by atoms with van der Waals surface area (Å²) in [6.07, 6.45) is 4.41. The number of hydrogen-bond acceptors (Lipinski definition) is 3. The first-order valence-electron chi connectivity index (χ1n) is 15.8. The van der Waals surface area contributed by atoms with Gasteiger partial charge in [0.2, 0.25) is 5.95 Å². The summed E-state index contributed by atoms with van der Waals surface area (Å²) in [4.78, 5) is 10.6. The summed E-state index contributed by atoms with van der Waals surface area (Å²) in [6, 6.07) is 51.3. The molecule has 6 aromatic carbocycles. The Hall–Kier alpha value is -5.84. The van der Waals surface area contributed by atoms with Crippen molar-refractivity contribution in [2.24, 2.45) is 0 Å². The summed E-state index contributed by atoms with van der Waals surface area (Å²) < 4.78 is 4.83. The first-order valence-corrected chi connectivity index (χ1v) is 16.7. The van der Waals surface area contributed by atoms with Crippen LogP contribution in [0.5, 0.6) is 0 Å². The first-order chi connectivity index (χ1) is 23.2. The normalized spacial score (nSPS) is 11.9. The molecule has 0 radical (unpaired) electrons. The van der Waals surface area contributed by atoms with Crippen LogP contribution < -0.4 is 0 Å². The summed E-state index contributed by atoms with van der Waals surface area (Å²) in [6.45, 7) is 2.22. The van der Waals surface area contributed by atoms with Crippen molar-refractivity contribution < 1.29 is 0 Å². The van der Waals surface area contributed by atoms with Crippen LogP contribution in [0.3, 0.4) is 0 Å². The minimum atomic E-state index is 0.656. The smallest absolute Gasteiger partial charge is 0.235 e. The van der Waals surface area contributed by atoms with E-state index >= 15 is 0 Å². The van der Waals surface area contributed by atoms with Gasteiger partial charge in [-0.25, -0.2) is 9.97 Å². The highest BCUT2D eigenvalue weighted by Crippen LogP contribution is 2.43. The van der Waals surface area contributed by atoms with E-state index in [0.29, 0.717) is 5.95 Å². The number of rotatable bonds is 5. The zero-order valence-electron chi connectivity index (χ0n) is 25.8. The van der Waals surface area contributed by atoms with E-state index in [4.69, 9.17) is 9.97 Å². The maximum Gasteiger partial charge on any atom is 0.235 e. The number of fused-ring (bicyclic) bond motifs is 6. The maximum atomic E-state index is 5.32. The summed E-state index contributed by atoms with van der Waals surface area (Å²) in [5, 5.41) is 6.20. The molecular formula is C43H29N3S. The third-order valence-electron chi connectivity index (χ3n) is 9.02. The summed E-state index contributed by atoms with van der Waals surface area (Å²) >= 11 is 1.85. The van der Waals surface area contributed by atoms with Crippen LogP contribution >= 0.6 is 11.3 Å². The zero-order valence-corrected chi connectivity index (χ0v) is 26.6. The van der Waals surface area contributed by atoms with Crippen LogP contribution in [0.25, 0.3) is 82.5 Å². The van der Waals surface area contributed by atoms with E-state index in [1.54, 1.807) is 0 Å². The van der Waals surface area contributed by atoms with Gasteiger partial charge in [-0.2, -0.15) is 0 Å². The quantitative estimate of drug-likeness (QED) is 0.192. The van der Waals surface area contributed by atoms with Gasteiger partial charge in [-0.1, -0.05) is 127 Å². The molecule has 0 amide bonds. The Morgan fingerprint density at radius 3 is 1.81 bits per heavy atom. The number of benzene rings is 6. The van der Waals surface area contributed by atoms with Gasteiger partial charge in [0.25, 0.3) is 0 Å². The standard InChI is InChI=1S/C43H29N3S/c1-28-34-22-24-39-41(35-25-32-19-11-12-20-33(32)26-40(35)47-39)42(34)46(38(28)23-21-29-13-5-2-6-14-29)43-44-36(30-15-7-3-8-16-30)27-37(45-43)31-17-9-4-10-18-31/h2-27H,1H3/b23-21-. The van der Waals surface area contributed by atoms with E-state index in [1.807, 2.05) is 23.5 Å². The van der Waals surface area contributed by atoms with Gasteiger partial charge in [0.15, 0.2) is 0 Å². The van der Waals surface area contributed by atoms with Crippen molar-refractivity contribution in [3.8, 4) is 28.5 Å². The van der Waals surface area contributed by atoms with Crippen LogP contribution in [-0.4, -0.2) is 14.5 Å². The lowest BCUT2D eigenvalue weighted by Crippen LogP contribution is -2.06. The Labute approximate surface area is 276 Å². The van der Waals surface area contributed by atoms with E-state index in [2.05, 4.69) is 157 Å². The van der Waals surface area contributed by atoms with Gasteiger partial charge in [-0.05, 0) is 59.2 Å². The van der Waals surface area contributed by atoms with Crippen molar-refractivity contribution in [2.45, 2.75) is 6.92 Å². The van der Waals surface area contributed by atoms with E-state index in [0.717, 1.165) is 39.3 Å². The van der Waals surface area contributed by atoms with Crippen molar-refractivity contribution in [2.75, 3.05) is 0 Å².